The highest BCUT2D eigenvalue weighted by Gasteiger charge is 2.24. The van der Waals surface area contributed by atoms with E-state index in [0.29, 0.717) is 11.3 Å². The Morgan fingerprint density at radius 2 is 2.00 bits per heavy atom. The van der Waals surface area contributed by atoms with Gasteiger partial charge in [0.25, 0.3) is 10.0 Å². The van der Waals surface area contributed by atoms with E-state index < -0.39 is 22.0 Å². The van der Waals surface area contributed by atoms with Crippen LogP contribution in [0.25, 0.3) is 0 Å². The number of ether oxygens (including phenoxy) is 1. The molecular formula is C14H15NO5S2. The number of nitrogens with one attached hydrogen (secondary N) is 1. The van der Waals surface area contributed by atoms with Gasteiger partial charge in [0.05, 0.1) is 19.6 Å². The van der Waals surface area contributed by atoms with Crippen LogP contribution in [-0.4, -0.2) is 26.6 Å². The lowest BCUT2D eigenvalue weighted by Crippen LogP contribution is -2.29. The number of methoxy groups -OCH3 is 1. The second-order valence-corrected chi connectivity index (χ2v) is 7.37. The van der Waals surface area contributed by atoms with Crippen molar-refractivity contribution < 1.29 is 23.1 Å². The van der Waals surface area contributed by atoms with E-state index in [0.717, 1.165) is 11.3 Å². The first-order valence-electron chi connectivity index (χ1n) is 6.34. The van der Waals surface area contributed by atoms with Crippen LogP contribution in [0.3, 0.4) is 0 Å². The number of sulfonamides is 1. The average molecular weight is 341 g/mol. The van der Waals surface area contributed by atoms with Gasteiger partial charge in [0.2, 0.25) is 0 Å². The molecule has 1 aromatic carbocycles. The van der Waals surface area contributed by atoms with Gasteiger partial charge < -0.3 is 9.84 Å². The number of rotatable bonds is 7. The summed E-state index contributed by atoms with van der Waals surface area (Å²) >= 11 is 1.07. The standard InChI is InChI=1S/C14H15NO5S2/c1-20-11-6-4-10(5-7-11)12(9-13(16)17)15-22(18,19)14-3-2-8-21-14/h2-8,12,15H,9H2,1H3,(H,16,17). The number of carboxylic acids is 1. The van der Waals surface area contributed by atoms with E-state index in [9.17, 15) is 13.2 Å². The highest BCUT2D eigenvalue weighted by atomic mass is 32.2. The molecule has 8 heteroatoms. The van der Waals surface area contributed by atoms with Crippen molar-refractivity contribution in [2.45, 2.75) is 16.7 Å². The fourth-order valence-electron chi connectivity index (χ4n) is 1.90. The third-order valence-electron chi connectivity index (χ3n) is 2.95. The van der Waals surface area contributed by atoms with Gasteiger partial charge in [-0.1, -0.05) is 18.2 Å². The molecule has 0 aliphatic heterocycles. The maximum atomic E-state index is 12.3. The van der Waals surface area contributed by atoms with Gasteiger partial charge in [-0.2, -0.15) is 0 Å². The summed E-state index contributed by atoms with van der Waals surface area (Å²) in [5.41, 5.74) is 0.559. The molecule has 0 aliphatic rings. The second-order valence-electron chi connectivity index (χ2n) is 4.48. The first kappa shape index (κ1) is 16.5. The summed E-state index contributed by atoms with van der Waals surface area (Å²) in [7, 11) is -2.23. The molecule has 6 nitrogen and oxygen atoms in total. The lowest BCUT2D eigenvalue weighted by Gasteiger charge is -2.17. The van der Waals surface area contributed by atoms with E-state index >= 15 is 0 Å². The molecule has 0 amide bonds. The van der Waals surface area contributed by atoms with Gasteiger partial charge >= 0.3 is 5.97 Å². The average Bonchev–Trinajstić information content (AvgIpc) is 3.01. The smallest absolute Gasteiger partial charge is 0.305 e. The summed E-state index contributed by atoms with van der Waals surface area (Å²) in [6.45, 7) is 0. The summed E-state index contributed by atoms with van der Waals surface area (Å²) in [4.78, 5) is 11.0. The summed E-state index contributed by atoms with van der Waals surface area (Å²) in [6, 6.07) is 8.84. The van der Waals surface area contributed by atoms with Crippen molar-refractivity contribution in [3.63, 3.8) is 0 Å². The number of hydrogen-bond acceptors (Lipinski definition) is 5. The Bertz CT molecular complexity index is 723. The van der Waals surface area contributed by atoms with Crippen LogP contribution in [0.5, 0.6) is 5.75 Å². The molecule has 0 spiro atoms. The summed E-state index contributed by atoms with van der Waals surface area (Å²) < 4.78 is 32.2. The van der Waals surface area contributed by atoms with Crippen molar-refractivity contribution >= 4 is 27.3 Å². The van der Waals surface area contributed by atoms with Crippen LogP contribution in [0.15, 0.2) is 46.0 Å². The maximum Gasteiger partial charge on any atom is 0.305 e. The van der Waals surface area contributed by atoms with Crippen LogP contribution >= 0.6 is 11.3 Å². The SMILES string of the molecule is COc1ccc(C(CC(=O)O)NS(=O)(=O)c2cccs2)cc1. The molecule has 1 atom stereocenters. The van der Waals surface area contributed by atoms with E-state index in [1.165, 1.54) is 13.2 Å². The Morgan fingerprint density at radius 3 is 2.50 bits per heavy atom. The van der Waals surface area contributed by atoms with Gasteiger partial charge in [-0.25, -0.2) is 13.1 Å². The van der Waals surface area contributed by atoms with Crippen molar-refractivity contribution in [2.75, 3.05) is 7.11 Å². The first-order chi connectivity index (χ1) is 10.4. The van der Waals surface area contributed by atoms with E-state index in [2.05, 4.69) is 4.72 Å². The zero-order valence-corrected chi connectivity index (χ0v) is 13.4. The Balaban J connectivity index is 2.28. The highest BCUT2D eigenvalue weighted by Crippen LogP contribution is 2.24. The van der Waals surface area contributed by atoms with Crippen LogP contribution in [0.1, 0.15) is 18.0 Å². The minimum absolute atomic E-state index is 0.149. The summed E-state index contributed by atoms with van der Waals surface area (Å²) in [5.74, 6) is -0.478. The molecule has 0 saturated heterocycles. The quantitative estimate of drug-likeness (QED) is 0.806. The third kappa shape index (κ3) is 4.06. The number of thiophene rings is 1. The molecule has 1 heterocycles. The number of carbonyl (C=O) groups is 1. The molecule has 118 valence electrons. The minimum Gasteiger partial charge on any atom is -0.497 e. The van der Waals surface area contributed by atoms with Crippen molar-refractivity contribution in [2.24, 2.45) is 0 Å². The molecule has 2 rings (SSSR count). The second kappa shape index (κ2) is 6.91. The van der Waals surface area contributed by atoms with Crippen molar-refractivity contribution in [1.29, 1.82) is 0 Å². The van der Waals surface area contributed by atoms with E-state index in [-0.39, 0.29) is 10.6 Å². The van der Waals surface area contributed by atoms with E-state index in [1.807, 2.05) is 0 Å². The minimum atomic E-state index is -3.75. The number of benzene rings is 1. The van der Waals surface area contributed by atoms with Gasteiger partial charge in [-0.05, 0) is 29.1 Å². The highest BCUT2D eigenvalue weighted by molar-refractivity contribution is 7.91. The normalized spacial score (nSPS) is 12.8. The maximum absolute atomic E-state index is 12.3. The van der Waals surface area contributed by atoms with E-state index in [1.54, 1.807) is 35.7 Å². The topological polar surface area (TPSA) is 92.7 Å². The van der Waals surface area contributed by atoms with Gasteiger partial charge in [-0.3, -0.25) is 4.79 Å². The predicted molar refractivity (Wildman–Crippen MR) is 82.6 cm³/mol. The molecule has 1 unspecified atom stereocenters. The van der Waals surface area contributed by atoms with Gasteiger partial charge in [0.1, 0.15) is 9.96 Å². The molecule has 0 saturated carbocycles. The largest absolute Gasteiger partial charge is 0.497 e. The van der Waals surface area contributed by atoms with Gasteiger partial charge in [0, 0.05) is 0 Å². The molecule has 22 heavy (non-hydrogen) atoms. The monoisotopic (exact) mass is 341 g/mol. The van der Waals surface area contributed by atoms with Crippen molar-refractivity contribution in [3.8, 4) is 5.75 Å². The molecule has 1 aromatic heterocycles. The van der Waals surface area contributed by atoms with E-state index in [4.69, 9.17) is 9.84 Å². The number of hydrogen-bond donors (Lipinski definition) is 2. The van der Waals surface area contributed by atoms with Gasteiger partial charge in [0.15, 0.2) is 0 Å². The molecule has 2 aromatic rings. The third-order valence-corrected chi connectivity index (χ3v) is 5.82. The zero-order valence-electron chi connectivity index (χ0n) is 11.7. The fourth-order valence-corrected chi connectivity index (χ4v) is 4.13. The molecule has 0 aliphatic carbocycles. The van der Waals surface area contributed by atoms with Crippen molar-refractivity contribution in [1.82, 2.24) is 4.72 Å². The fraction of sp³-hybridized carbons (Fsp3) is 0.214. The number of aliphatic carboxylic acids is 1. The van der Waals surface area contributed by atoms with Crippen LogP contribution in [0, 0.1) is 0 Å². The van der Waals surface area contributed by atoms with Crippen LogP contribution in [0.2, 0.25) is 0 Å². The predicted octanol–water partition coefficient (Wildman–Crippen LogP) is 2.25. The Hall–Kier alpha value is -1.90. The lowest BCUT2D eigenvalue weighted by molar-refractivity contribution is -0.137. The lowest BCUT2D eigenvalue weighted by atomic mass is 10.0. The first-order valence-corrected chi connectivity index (χ1v) is 8.70. The molecule has 0 fully saturated rings. The van der Waals surface area contributed by atoms with Crippen LogP contribution in [-0.2, 0) is 14.8 Å². The summed E-state index contributed by atoms with van der Waals surface area (Å²) in [6.07, 6.45) is -0.350. The Morgan fingerprint density at radius 1 is 1.32 bits per heavy atom. The van der Waals surface area contributed by atoms with Crippen LogP contribution in [0.4, 0.5) is 0 Å². The molecule has 0 bridgehead atoms. The molecular weight excluding hydrogens is 326 g/mol. The molecule has 2 N–H and O–H groups in total. The molecule has 0 radical (unpaired) electrons. The zero-order chi connectivity index (χ0) is 16.2. The number of carboxylic acid groups (broad SMARTS) is 1. The Labute approximate surface area is 132 Å². The Kier molecular flexibility index (Phi) is 5.17. The van der Waals surface area contributed by atoms with Gasteiger partial charge in [-0.15, -0.1) is 11.3 Å². The van der Waals surface area contributed by atoms with Crippen molar-refractivity contribution in [3.05, 3.63) is 47.3 Å². The summed E-state index contributed by atoms with van der Waals surface area (Å²) in [5, 5.41) is 10.7. The van der Waals surface area contributed by atoms with Crippen LogP contribution < -0.4 is 9.46 Å².